The van der Waals surface area contributed by atoms with Crippen LogP contribution < -0.4 is 5.32 Å². The summed E-state index contributed by atoms with van der Waals surface area (Å²) in [7, 11) is 0. The minimum Gasteiger partial charge on any atom is -0.289 e. The molecule has 3 aromatic rings. The number of nitrogens with zero attached hydrogens (tertiary/aromatic N) is 3. The van der Waals surface area contributed by atoms with Gasteiger partial charge in [-0.1, -0.05) is 70.1 Å². The molecule has 0 radical (unpaired) electrons. The number of benzene rings is 2. The molecule has 0 fully saturated rings. The van der Waals surface area contributed by atoms with E-state index < -0.39 is 0 Å². The number of rotatable bonds is 5. The monoisotopic (exact) mass is 443 g/mol. The number of H-pyrrole nitrogens is 1. The van der Waals surface area contributed by atoms with Gasteiger partial charge in [0.1, 0.15) is 0 Å². The lowest BCUT2D eigenvalue weighted by atomic mass is 9.62. The molecule has 0 saturated heterocycles. The van der Waals surface area contributed by atoms with Crippen LogP contribution >= 0.6 is 0 Å². The Morgan fingerprint density at radius 3 is 2.27 bits per heavy atom. The Balaban J connectivity index is 1.64. The van der Waals surface area contributed by atoms with Gasteiger partial charge >= 0.3 is 0 Å². The van der Waals surface area contributed by atoms with Crippen molar-refractivity contribution in [1.82, 2.24) is 20.6 Å². The van der Waals surface area contributed by atoms with Crippen LogP contribution in [0.1, 0.15) is 92.6 Å². The predicted molar refractivity (Wildman–Crippen MR) is 133 cm³/mol. The molecule has 2 N–H and O–H groups in total. The topological polar surface area (TPSA) is 83.6 Å². The van der Waals surface area contributed by atoms with Gasteiger partial charge in [0.05, 0.1) is 0 Å². The summed E-state index contributed by atoms with van der Waals surface area (Å²) < 4.78 is 0. The molecule has 4 rings (SSSR count). The van der Waals surface area contributed by atoms with Crippen LogP contribution in [0.15, 0.2) is 36.4 Å². The maximum atomic E-state index is 12.4. The number of hydrogen-bond donors (Lipinski definition) is 2. The van der Waals surface area contributed by atoms with E-state index in [0.717, 1.165) is 12.0 Å². The van der Waals surface area contributed by atoms with E-state index >= 15 is 0 Å². The van der Waals surface area contributed by atoms with Crippen molar-refractivity contribution in [3.8, 4) is 0 Å². The van der Waals surface area contributed by atoms with Gasteiger partial charge in [-0.2, -0.15) is 0 Å². The van der Waals surface area contributed by atoms with E-state index in [0.29, 0.717) is 5.56 Å². The molecule has 1 heterocycles. The molecule has 0 saturated carbocycles. The Morgan fingerprint density at radius 1 is 1.06 bits per heavy atom. The van der Waals surface area contributed by atoms with E-state index in [1.165, 1.54) is 40.7 Å². The molecule has 1 aromatic heterocycles. The van der Waals surface area contributed by atoms with E-state index in [1.54, 1.807) is 0 Å². The van der Waals surface area contributed by atoms with Crippen LogP contribution in [0.4, 0.5) is 5.95 Å². The largest absolute Gasteiger partial charge is 0.289 e. The maximum absolute atomic E-state index is 12.4. The van der Waals surface area contributed by atoms with Crippen LogP contribution in [-0.4, -0.2) is 26.5 Å². The van der Waals surface area contributed by atoms with E-state index in [-0.39, 0.29) is 22.7 Å². The number of aryl methyl sites for hydroxylation is 1. The molecular weight excluding hydrogens is 410 g/mol. The molecule has 6 heteroatoms. The Kier molecular flexibility index (Phi) is 5.95. The minimum atomic E-state index is -0.256. The standard InChI is InChI=1S/C27H33N5O/c1-7-19-15-22-23(27(5,6)13-12-26(22,3)4)16-21(19)17(2)14-18-8-10-20(11-9-18)24(33)28-25-29-31-32-30-25/h8-11,14-16H,7,12-13H2,1-6H3,(H2,28,29,30,31,32,33). The summed E-state index contributed by atoms with van der Waals surface area (Å²) >= 11 is 0. The third kappa shape index (κ3) is 4.61. The molecule has 6 nitrogen and oxygen atoms in total. The van der Waals surface area contributed by atoms with Crippen LogP contribution in [0.3, 0.4) is 0 Å². The van der Waals surface area contributed by atoms with Gasteiger partial charge in [0, 0.05) is 5.56 Å². The molecule has 1 amide bonds. The van der Waals surface area contributed by atoms with E-state index in [9.17, 15) is 4.79 Å². The van der Waals surface area contributed by atoms with Crippen LogP contribution in [0.25, 0.3) is 11.6 Å². The highest BCUT2D eigenvalue weighted by molar-refractivity contribution is 6.03. The van der Waals surface area contributed by atoms with Crippen LogP contribution in [0, 0.1) is 0 Å². The fourth-order valence-corrected chi connectivity index (χ4v) is 4.77. The van der Waals surface area contributed by atoms with E-state index in [2.05, 4.69) is 85.7 Å². The third-order valence-electron chi connectivity index (χ3n) is 7.02. The number of anilines is 1. The van der Waals surface area contributed by atoms with Gasteiger partial charge in [0.25, 0.3) is 5.91 Å². The molecule has 33 heavy (non-hydrogen) atoms. The maximum Gasteiger partial charge on any atom is 0.258 e. The molecule has 0 atom stereocenters. The zero-order chi connectivity index (χ0) is 23.8. The lowest BCUT2D eigenvalue weighted by Gasteiger charge is -2.42. The zero-order valence-corrected chi connectivity index (χ0v) is 20.4. The third-order valence-corrected chi connectivity index (χ3v) is 7.02. The quantitative estimate of drug-likeness (QED) is 0.479. The summed E-state index contributed by atoms with van der Waals surface area (Å²) in [4.78, 5) is 12.4. The Labute approximate surface area is 195 Å². The number of carbonyl (C=O) groups excluding carboxylic acids is 1. The van der Waals surface area contributed by atoms with Gasteiger partial charge in [-0.15, -0.1) is 0 Å². The number of carbonyl (C=O) groups is 1. The molecule has 2 aromatic carbocycles. The number of amides is 1. The summed E-state index contributed by atoms with van der Waals surface area (Å²) in [6.07, 6.45) is 5.62. The average Bonchev–Trinajstić information content (AvgIpc) is 3.29. The normalized spacial score (nSPS) is 16.8. The molecule has 172 valence electrons. The fraction of sp³-hybridized carbons (Fsp3) is 0.407. The first-order valence-corrected chi connectivity index (χ1v) is 11.6. The Bertz CT molecular complexity index is 1190. The Hall–Kier alpha value is -3.28. The second kappa shape index (κ2) is 8.58. The molecule has 1 aliphatic carbocycles. The highest BCUT2D eigenvalue weighted by atomic mass is 16.1. The molecule has 0 bridgehead atoms. The molecule has 0 unspecified atom stereocenters. The average molecular weight is 444 g/mol. The number of fused-ring (bicyclic) bond motifs is 1. The van der Waals surface area contributed by atoms with Gasteiger partial charge in [-0.25, -0.2) is 5.10 Å². The van der Waals surface area contributed by atoms with Crippen molar-refractivity contribution < 1.29 is 4.79 Å². The van der Waals surface area contributed by atoms with Gasteiger partial charge in [0.15, 0.2) is 0 Å². The summed E-state index contributed by atoms with van der Waals surface area (Å²) in [5, 5.41) is 15.8. The number of nitrogens with one attached hydrogen (secondary N) is 2. The van der Waals surface area contributed by atoms with Gasteiger partial charge in [-0.3, -0.25) is 10.1 Å². The first-order chi connectivity index (χ1) is 15.6. The first kappa shape index (κ1) is 22.9. The summed E-state index contributed by atoms with van der Waals surface area (Å²) in [5.74, 6) is -0.0287. The number of tetrazole rings is 1. The van der Waals surface area contributed by atoms with Gasteiger partial charge in [0.2, 0.25) is 5.95 Å². The number of hydrogen-bond acceptors (Lipinski definition) is 4. The number of aromatic amines is 1. The zero-order valence-electron chi connectivity index (χ0n) is 20.4. The van der Waals surface area contributed by atoms with Crippen molar-refractivity contribution >= 4 is 23.5 Å². The van der Waals surface area contributed by atoms with E-state index in [4.69, 9.17) is 0 Å². The summed E-state index contributed by atoms with van der Waals surface area (Å²) in [5.41, 5.74) is 8.93. The molecule has 0 spiro atoms. The highest BCUT2D eigenvalue weighted by Crippen LogP contribution is 2.47. The lowest BCUT2D eigenvalue weighted by molar-refractivity contribution is 0.102. The molecular formula is C27H33N5O. The second-order valence-electron chi connectivity index (χ2n) is 10.3. The van der Waals surface area contributed by atoms with Gasteiger partial charge < -0.3 is 0 Å². The molecule has 0 aliphatic heterocycles. The van der Waals surface area contributed by atoms with Crippen molar-refractivity contribution in [2.24, 2.45) is 0 Å². The van der Waals surface area contributed by atoms with Crippen LogP contribution in [-0.2, 0) is 17.3 Å². The second-order valence-corrected chi connectivity index (χ2v) is 10.3. The van der Waals surface area contributed by atoms with Crippen LogP contribution in [0.5, 0.6) is 0 Å². The first-order valence-electron chi connectivity index (χ1n) is 11.6. The molecule has 1 aliphatic rings. The highest BCUT2D eigenvalue weighted by Gasteiger charge is 2.37. The minimum absolute atomic E-state index is 0.181. The lowest BCUT2D eigenvalue weighted by Crippen LogP contribution is -2.34. The summed E-state index contributed by atoms with van der Waals surface area (Å²) in [6.45, 7) is 13.9. The summed E-state index contributed by atoms with van der Waals surface area (Å²) in [6, 6.07) is 12.5. The van der Waals surface area contributed by atoms with Crippen molar-refractivity contribution in [3.63, 3.8) is 0 Å². The van der Waals surface area contributed by atoms with Crippen LogP contribution in [0.2, 0.25) is 0 Å². The number of aromatic nitrogens is 4. The van der Waals surface area contributed by atoms with Crippen molar-refractivity contribution in [2.75, 3.05) is 5.32 Å². The predicted octanol–water partition coefficient (Wildman–Crippen LogP) is 5.92. The van der Waals surface area contributed by atoms with Gasteiger partial charge in [-0.05, 0) is 93.0 Å². The fourth-order valence-electron chi connectivity index (χ4n) is 4.77. The van der Waals surface area contributed by atoms with E-state index in [1.807, 2.05) is 24.3 Å². The van der Waals surface area contributed by atoms with Crippen molar-refractivity contribution in [1.29, 1.82) is 0 Å². The van der Waals surface area contributed by atoms with Crippen molar-refractivity contribution in [3.05, 3.63) is 69.8 Å². The SMILES string of the molecule is CCc1cc2c(cc1C(C)=Cc1ccc(C(=O)Nc3nnn[nH]3)cc1)C(C)(C)CCC2(C)C. The number of allylic oxidation sites excluding steroid dienone is 1. The Morgan fingerprint density at radius 2 is 1.70 bits per heavy atom. The smallest absolute Gasteiger partial charge is 0.258 e. The van der Waals surface area contributed by atoms with Crippen molar-refractivity contribution in [2.45, 2.75) is 71.6 Å².